The molecule has 1 fully saturated rings. The maximum atomic E-state index is 12.4. The van der Waals surface area contributed by atoms with Crippen molar-refractivity contribution in [2.75, 3.05) is 31.7 Å². The summed E-state index contributed by atoms with van der Waals surface area (Å²) < 4.78 is 52.2. The Balaban J connectivity index is 2.02. The van der Waals surface area contributed by atoms with Crippen LogP contribution in [-0.4, -0.2) is 45.6 Å². The number of rotatable bonds is 6. The topological polar surface area (TPSA) is 75.6 Å². The minimum atomic E-state index is -4.56. The number of alkyl halides is 2. The molecule has 1 aliphatic rings. The first-order valence-electron chi connectivity index (χ1n) is 5.94. The van der Waals surface area contributed by atoms with Crippen molar-refractivity contribution in [1.82, 2.24) is 0 Å². The Labute approximate surface area is 115 Å². The summed E-state index contributed by atoms with van der Waals surface area (Å²) in [6, 6.07) is 5.10. The van der Waals surface area contributed by atoms with Crippen LogP contribution in [-0.2, 0) is 14.6 Å². The van der Waals surface area contributed by atoms with Crippen LogP contribution in [0.25, 0.3) is 0 Å². The van der Waals surface area contributed by atoms with Gasteiger partial charge in [0.05, 0.1) is 30.1 Å². The number of benzene rings is 1. The summed E-state index contributed by atoms with van der Waals surface area (Å²) in [6.07, 6.45) is 0. The molecular weight excluding hydrogens is 292 g/mol. The molecule has 0 radical (unpaired) electrons. The van der Waals surface area contributed by atoms with E-state index in [0.717, 1.165) is 12.1 Å². The fourth-order valence-electron chi connectivity index (χ4n) is 1.79. The number of nitrogens with one attached hydrogen (secondary N) is 1. The first-order chi connectivity index (χ1) is 9.39. The number of ether oxygens (including phenoxy) is 1. The minimum Gasteiger partial charge on any atom is -0.396 e. The third-order valence-electron chi connectivity index (χ3n) is 3.24. The van der Waals surface area contributed by atoms with Gasteiger partial charge in [-0.1, -0.05) is 0 Å². The molecule has 1 saturated heterocycles. The molecular formula is C12H15F2NO4S. The van der Waals surface area contributed by atoms with Gasteiger partial charge in [0.1, 0.15) is 0 Å². The van der Waals surface area contributed by atoms with Gasteiger partial charge in [0.2, 0.25) is 9.84 Å². The Bertz CT molecular complexity index is 550. The van der Waals surface area contributed by atoms with Gasteiger partial charge in [-0.25, -0.2) is 8.42 Å². The fraction of sp³-hybridized carbons (Fsp3) is 0.500. The summed E-state index contributed by atoms with van der Waals surface area (Å²) in [5.74, 6) is -3.42. The van der Waals surface area contributed by atoms with Crippen molar-refractivity contribution in [1.29, 1.82) is 0 Å². The van der Waals surface area contributed by atoms with Crippen molar-refractivity contribution in [3.05, 3.63) is 24.3 Å². The van der Waals surface area contributed by atoms with Gasteiger partial charge < -0.3 is 15.2 Å². The van der Waals surface area contributed by atoms with E-state index in [1.807, 2.05) is 0 Å². The van der Waals surface area contributed by atoms with E-state index >= 15 is 0 Å². The van der Waals surface area contributed by atoms with Crippen molar-refractivity contribution in [2.24, 2.45) is 5.41 Å². The number of sulfone groups is 1. The van der Waals surface area contributed by atoms with Crippen LogP contribution < -0.4 is 5.32 Å². The van der Waals surface area contributed by atoms with E-state index in [4.69, 9.17) is 4.74 Å². The standard InChI is InChI=1S/C12H15F2NO4S/c13-11(14)20(17,18)10-3-1-9(2-4-10)15-5-12(6-16)7-19-8-12/h1-4,11,15-16H,5-8H2. The van der Waals surface area contributed by atoms with E-state index in [-0.39, 0.29) is 12.0 Å². The quantitative estimate of drug-likeness (QED) is 0.823. The summed E-state index contributed by atoms with van der Waals surface area (Å²) in [6.45, 7) is 1.35. The first-order valence-corrected chi connectivity index (χ1v) is 7.49. The van der Waals surface area contributed by atoms with Crippen molar-refractivity contribution >= 4 is 15.5 Å². The highest BCUT2D eigenvalue weighted by molar-refractivity contribution is 7.91. The van der Waals surface area contributed by atoms with Crippen molar-refractivity contribution in [2.45, 2.75) is 10.7 Å². The van der Waals surface area contributed by atoms with Crippen molar-refractivity contribution in [3.8, 4) is 0 Å². The maximum Gasteiger partial charge on any atom is 0.341 e. The van der Waals surface area contributed by atoms with Crippen molar-refractivity contribution in [3.63, 3.8) is 0 Å². The molecule has 0 atom stereocenters. The van der Waals surface area contributed by atoms with Gasteiger partial charge in [-0.05, 0) is 24.3 Å². The van der Waals surface area contributed by atoms with E-state index in [9.17, 15) is 22.3 Å². The number of anilines is 1. The second kappa shape index (κ2) is 5.63. The number of halogens is 2. The highest BCUT2D eigenvalue weighted by atomic mass is 32.2. The summed E-state index contributed by atoms with van der Waals surface area (Å²) in [7, 11) is -4.56. The molecule has 0 amide bonds. The number of hydrogen-bond donors (Lipinski definition) is 2. The van der Waals surface area contributed by atoms with Gasteiger partial charge >= 0.3 is 5.76 Å². The Morgan fingerprint density at radius 3 is 2.30 bits per heavy atom. The zero-order chi connectivity index (χ0) is 14.8. The Hall–Kier alpha value is -1.25. The number of aliphatic hydroxyl groups excluding tert-OH is 1. The summed E-state index contributed by atoms with van der Waals surface area (Å²) in [5.41, 5.74) is 0.270. The lowest BCUT2D eigenvalue weighted by molar-refractivity contribution is -0.128. The second-order valence-electron chi connectivity index (χ2n) is 4.83. The zero-order valence-electron chi connectivity index (χ0n) is 10.6. The maximum absolute atomic E-state index is 12.4. The monoisotopic (exact) mass is 307 g/mol. The third-order valence-corrected chi connectivity index (χ3v) is 4.64. The van der Waals surface area contributed by atoms with Gasteiger partial charge in [-0.3, -0.25) is 0 Å². The lowest BCUT2D eigenvalue weighted by Gasteiger charge is -2.40. The predicted octanol–water partition coefficient (Wildman–Crippen LogP) is 1.10. The van der Waals surface area contributed by atoms with E-state index in [1.54, 1.807) is 0 Å². The van der Waals surface area contributed by atoms with Crippen LogP contribution in [0, 0.1) is 5.41 Å². The average molecular weight is 307 g/mol. The van der Waals surface area contributed by atoms with Gasteiger partial charge in [-0.15, -0.1) is 0 Å². The number of aliphatic hydroxyl groups is 1. The SMILES string of the molecule is O=S(=O)(c1ccc(NCC2(CO)COC2)cc1)C(F)F. The molecule has 5 nitrogen and oxygen atoms in total. The van der Waals surface area contributed by atoms with Crippen LogP contribution in [0.15, 0.2) is 29.2 Å². The van der Waals surface area contributed by atoms with E-state index in [2.05, 4.69) is 5.32 Å². The smallest absolute Gasteiger partial charge is 0.341 e. The Morgan fingerprint density at radius 2 is 1.90 bits per heavy atom. The molecule has 1 heterocycles. The highest BCUT2D eigenvalue weighted by Crippen LogP contribution is 2.27. The molecule has 1 aromatic carbocycles. The molecule has 112 valence electrons. The summed E-state index contributed by atoms with van der Waals surface area (Å²) in [5, 5.41) is 12.3. The molecule has 2 rings (SSSR count). The minimum absolute atomic E-state index is 0.0160. The van der Waals surface area contributed by atoms with Gasteiger partial charge in [0.15, 0.2) is 0 Å². The van der Waals surface area contributed by atoms with Crippen LogP contribution in [0.5, 0.6) is 0 Å². The zero-order valence-corrected chi connectivity index (χ0v) is 11.4. The van der Waals surface area contributed by atoms with Gasteiger partial charge in [-0.2, -0.15) is 8.78 Å². The average Bonchev–Trinajstić information content (AvgIpc) is 2.38. The van der Waals surface area contributed by atoms with Crippen molar-refractivity contribution < 1.29 is 27.0 Å². The normalized spacial score (nSPS) is 17.8. The predicted molar refractivity (Wildman–Crippen MR) is 68.5 cm³/mol. The summed E-state index contributed by atoms with van der Waals surface area (Å²) in [4.78, 5) is -0.415. The van der Waals surface area contributed by atoms with Gasteiger partial charge in [0.25, 0.3) is 0 Å². The van der Waals surface area contributed by atoms with Crippen LogP contribution in [0.4, 0.5) is 14.5 Å². The molecule has 0 bridgehead atoms. The molecule has 0 spiro atoms. The Kier molecular flexibility index (Phi) is 4.26. The van der Waals surface area contributed by atoms with E-state index in [1.165, 1.54) is 12.1 Å². The van der Waals surface area contributed by atoms with E-state index in [0.29, 0.717) is 25.4 Å². The fourth-order valence-corrected chi connectivity index (χ4v) is 2.52. The summed E-state index contributed by atoms with van der Waals surface area (Å²) >= 11 is 0. The molecule has 0 aliphatic carbocycles. The largest absolute Gasteiger partial charge is 0.396 e. The molecule has 0 saturated carbocycles. The second-order valence-corrected chi connectivity index (χ2v) is 6.75. The lowest BCUT2D eigenvalue weighted by Crippen LogP contribution is -2.50. The van der Waals surface area contributed by atoms with Crippen LogP contribution >= 0.6 is 0 Å². The van der Waals surface area contributed by atoms with E-state index < -0.39 is 20.5 Å². The third kappa shape index (κ3) is 2.92. The van der Waals surface area contributed by atoms with Gasteiger partial charge in [0, 0.05) is 12.2 Å². The molecule has 0 unspecified atom stereocenters. The lowest BCUT2D eigenvalue weighted by atomic mass is 9.87. The molecule has 2 N–H and O–H groups in total. The van der Waals surface area contributed by atoms with Crippen LogP contribution in [0.3, 0.4) is 0 Å². The molecule has 1 aromatic rings. The molecule has 20 heavy (non-hydrogen) atoms. The van der Waals surface area contributed by atoms with Crippen LogP contribution in [0.1, 0.15) is 0 Å². The molecule has 1 aliphatic heterocycles. The van der Waals surface area contributed by atoms with Crippen LogP contribution in [0.2, 0.25) is 0 Å². The molecule has 0 aromatic heterocycles. The molecule has 8 heteroatoms. The first kappa shape index (κ1) is 15.1. The Morgan fingerprint density at radius 1 is 1.30 bits per heavy atom. The number of hydrogen-bond acceptors (Lipinski definition) is 5. The highest BCUT2D eigenvalue weighted by Gasteiger charge is 2.37.